The molecule has 23 heavy (non-hydrogen) atoms. The van der Waals surface area contributed by atoms with E-state index in [0.29, 0.717) is 12.8 Å². The molecule has 0 aliphatic rings. The number of Topliss-reactive ketones (excluding diaryl/α,β-unsaturated/α-hetero) is 2. The van der Waals surface area contributed by atoms with Gasteiger partial charge in [0.05, 0.1) is 4.58 Å². The molecule has 0 amide bonds. The minimum atomic E-state index is -0.133. The van der Waals surface area contributed by atoms with Crippen molar-refractivity contribution < 1.29 is 9.59 Å². The van der Waals surface area contributed by atoms with Crippen LogP contribution in [0, 0.1) is 0 Å². The van der Waals surface area contributed by atoms with Crippen LogP contribution in [-0.4, -0.2) is 21.1 Å². The Morgan fingerprint density at radius 2 is 1.26 bits per heavy atom. The van der Waals surface area contributed by atoms with E-state index in [1.807, 2.05) is 41.7 Å². The maximum absolute atomic E-state index is 11.5. The minimum Gasteiger partial charge on any atom is -0.300 e. The van der Waals surface area contributed by atoms with Crippen molar-refractivity contribution in [1.82, 2.24) is 0 Å². The Balaban J connectivity index is 2.99. The molecule has 0 N–H and O–H groups in total. The number of hydrogen-bond donors (Lipinski definition) is 0. The highest BCUT2D eigenvalue weighted by molar-refractivity contribution is 8.17. The fourth-order valence-electron chi connectivity index (χ4n) is 2.63. The van der Waals surface area contributed by atoms with Crippen LogP contribution in [0.15, 0.2) is 30.3 Å². The number of carbonyl (C=O) groups excluding carboxylic acids is 2. The van der Waals surface area contributed by atoms with Crippen LogP contribution < -0.4 is 0 Å². The van der Waals surface area contributed by atoms with Crippen LogP contribution in [-0.2, 0) is 9.59 Å². The molecule has 0 radical (unpaired) electrons. The van der Waals surface area contributed by atoms with Gasteiger partial charge in [-0.3, -0.25) is 9.59 Å². The van der Waals surface area contributed by atoms with Crippen molar-refractivity contribution >= 4 is 35.1 Å². The van der Waals surface area contributed by atoms with E-state index in [9.17, 15) is 9.59 Å². The largest absolute Gasteiger partial charge is 0.300 e. The molecule has 0 saturated carbocycles. The number of thioether (sulfide) groups is 2. The molecule has 0 fully saturated rings. The van der Waals surface area contributed by atoms with Gasteiger partial charge in [0.15, 0.2) is 0 Å². The first-order valence-electron chi connectivity index (χ1n) is 7.90. The van der Waals surface area contributed by atoms with Gasteiger partial charge in [-0.25, -0.2) is 0 Å². The van der Waals surface area contributed by atoms with Crippen molar-refractivity contribution in [2.45, 2.75) is 68.5 Å². The Morgan fingerprint density at radius 1 is 0.870 bits per heavy atom. The van der Waals surface area contributed by atoms with Crippen LogP contribution in [0.2, 0.25) is 0 Å². The normalized spacial score (nSPS) is 12.5. The van der Waals surface area contributed by atoms with Gasteiger partial charge >= 0.3 is 0 Å². The molecule has 0 heterocycles. The Bertz CT molecular complexity index is 506. The zero-order valence-corrected chi connectivity index (χ0v) is 16.6. The lowest BCUT2D eigenvalue weighted by Crippen LogP contribution is -2.23. The van der Waals surface area contributed by atoms with Crippen molar-refractivity contribution in [2.75, 3.05) is 0 Å². The lowest BCUT2D eigenvalue weighted by Gasteiger charge is -2.33. The Kier molecular flexibility index (Phi) is 7.40. The van der Waals surface area contributed by atoms with Crippen molar-refractivity contribution in [3.05, 3.63) is 35.9 Å². The third kappa shape index (κ3) is 8.07. The molecule has 0 aromatic heterocycles. The molecule has 1 aromatic carbocycles. The van der Waals surface area contributed by atoms with E-state index >= 15 is 0 Å². The van der Waals surface area contributed by atoms with Gasteiger partial charge in [0, 0.05) is 22.3 Å². The fraction of sp³-hybridized carbons (Fsp3) is 0.579. The molecule has 0 aliphatic carbocycles. The second-order valence-corrected chi connectivity index (χ2v) is 11.2. The molecule has 0 atom stereocenters. The first kappa shape index (κ1) is 20.3. The van der Waals surface area contributed by atoms with E-state index in [4.69, 9.17) is 0 Å². The molecule has 1 rings (SSSR count). The topological polar surface area (TPSA) is 34.1 Å². The smallest absolute Gasteiger partial charge is 0.131 e. The number of ketones is 2. The van der Waals surface area contributed by atoms with E-state index in [2.05, 4.69) is 39.8 Å². The molecule has 0 saturated heterocycles. The summed E-state index contributed by atoms with van der Waals surface area (Å²) in [5, 5.41) is 0. The number of carbonyl (C=O) groups is 2. The molecule has 128 valence electrons. The second kappa shape index (κ2) is 8.39. The lowest BCUT2D eigenvalue weighted by atomic mass is 10.1. The molecule has 0 unspecified atom stereocenters. The number of rotatable bonds is 9. The third-order valence-corrected chi connectivity index (χ3v) is 6.39. The maximum Gasteiger partial charge on any atom is 0.131 e. The SMILES string of the molecule is CC(=O)CC(C)(C)SC(SC(C)(C)CC(C)=O)c1ccccc1. The van der Waals surface area contributed by atoms with Gasteiger partial charge in [-0.1, -0.05) is 58.0 Å². The summed E-state index contributed by atoms with van der Waals surface area (Å²) in [4.78, 5) is 23.1. The molecule has 0 aliphatic heterocycles. The summed E-state index contributed by atoms with van der Waals surface area (Å²) >= 11 is 3.63. The lowest BCUT2D eigenvalue weighted by molar-refractivity contribution is -0.118. The van der Waals surface area contributed by atoms with Gasteiger partial charge in [0.25, 0.3) is 0 Å². The average Bonchev–Trinajstić information content (AvgIpc) is 2.35. The average molecular weight is 353 g/mol. The summed E-state index contributed by atoms with van der Waals surface area (Å²) in [5.74, 6) is 0.421. The highest BCUT2D eigenvalue weighted by Gasteiger charge is 2.32. The van der Waals surface area contributed by atoms with Gasteiger partial charge in [-0.05, 0) is 19.4 Å². The second-order valence-electron chi connectivity index (χ2n) is 7.26. The first-order chi connectivity index (χ1) is 10.5. The van der Waals surface area contributed by atoms with E-state index in [1.54, 1.807) is 13.8 Å². The highest BCUT2D eigenvalue weighted by atomic mass is 32.2. The summed E-state index contributed by atoms with van der Waals surface area (Å²) in [7, 11) is 0. The molecular weight excluding hydrogens is 324 g/mol. The molecule has 4 heteroatoms. The van der Waals surface area contributed by atoms with E-state index in [0.717, 1.165) is 0 Å². The van der Waals surface area contributed by atoms with Crippen molar-refractivity contribution in [3.63, 3.8) is 0 Å². The molecule has 0 bridgehead atoms. The first-order valence-corrected chi connectivity index (χ1v) is 9.66. The summed E-state index contributed by atoms with van der Waals surface area (Å²) in [6.07, 6.45) is 1.10. The van der Waals surface area contributed by atoms with E-state index in [1.165, 1.54) is 5.56 Å². The van der Waals surface area contributed by atoms with Crippen LogP contribution in [0.4, 0.5) is 0 Å². The van der Waals surface area contributed by atoms with Gasteiger partial charge < -0.3 is 0 Å². The Hall–Kier alpha value is -0.740. The Labute approximate surface area is 149 Å². The van der Waals surface area contributed by atoms with Crippen LogP contribution in [0.1, 0.15) is 64.5 Å². The number of hydrogen-bond acceptors (Lipinski definition) is 4. The van der Waals surface area contributed by atoms with Gasteiger partial charge in [0.2, 0.25) is 0 Å². The van der Waals surface area contributed by atoms with Crippen LogP contribution in [0.5, 0.6) is 0 Å². The zero-order chi connectivity index (χ0) is 17.7. The molecule has 1 aromatic rings. The van der Waals surface area contributed by atoms with Crippen LogP contribution in [0.3, 0.4) is 0 Å². The van der Waals surface area contributed by atoms with E-state index in [-0.39, 0.29) is 25.6 Å². The zero-order valence-electron chi connectivity index (χ0n) is 15.0. The maximum atomic E-state index is 11.5. The highest BCUT2D eigenvalue weighted by Crippen LogP contribution is 2.52. The number of benzene rings is 1. The third-order valence-electron chi connectivity index (χ3n) is 3.27. The molecule has 2 nitrogen and oxygen atoms in total. The standard InChI is InChI=1S/C19H28O2S2/c1-14(20)12-18(3,4)22-17(16-10-8-7-9-11-16)23-19(5,6)13-15(2)21/h7-11,17H,12-13H2,1-6H3. The molecule has 0 spiro atoms. The quantitative estimate of drug-likeness (QED) is 0.536. The van der Waals surface area contributed by atoms with Gasteiger partial charge in [0.1, 0.15) is 11.6 Å². The monoisotopic (exact) mass is 352 g/mol. The van der Waals surface area contributed by atoms with E-state index < -0.39 is 0 Å². The predicted molar refractivity (Wildman–Crippen MR) is 103 cm³/mol. The Morgan fingerprint density at radius 3 is 1.61 bits per heavy atom. The molecular formula is C19H28O2S2. The summed E-state index contributed by atoms with van der Waals surface area (Å²) < 4.78 is -0.0722. The fourth-order valence-corrected chi connectivity index (χ4v) is 6.71. The van der Waals surface area contributed by atoms with Crippen molar-refractivity contribution in [2.24, 2.45) is 0 Å². The van der Waals surface area contributed by atoms with Crippen LogP contribution in [0.25, 0.3) is 0 Å². The van der Waals surface area contributed by atoms with Crippen LogP contribution >= 0.6 is 23.5 Å². The van der Waals surface area contributed by atoms with Crippen molar-refractivity contribution in [1.29, 1.82) is 0 Å². The van der Waals surface area contributed by atoms with Gasteiger partial charge in [-0.2, -0.15) is 0 Å². The summed E-state index contributed by atoms with van der Waals surface area (Å²) in [6, 6.07) is 10.3. The van der Waals surface area contributed by atoms with Crippen molar-refractivity contribution in [3.8, 4) is 0 Å². The summed E-state index contributed by atoms with van der Waals surface area (Å²) in [5.41, 5.74) is 1.23. The summed E-state index contributed by atoms with van der Waals surface area (Å²) in [6.45, 7) is 11.8. The van der Waals surface area contributed by atoms with Gasteiger partial charge in [-0.15, -0.1) is 23.5 Å². The predicted octanol–water partition coefficient (Wildman–Crippen LogP) is 5.67. The minimum absolute atomic E-state index is 0.133.